The van der Waals surface area contributed by atoms with E-state index in [0.29, 0.717) is 21.3 Å². The van der Waals surface area contributed by atoms with Gasteiger partial charge in [0.05, 0.1) is 0 Å². The number of anilines is 1. The molecule has 3 aromatic rings. The lowest BCUT2D eigenvalue weighted by molar-refractivity contribution is 0.102. The number of hydrogen-bond acceptors (Lipinski definition) is 2. The van der Waals surface area contributed by atoms with Crippen LogP contribution in [-0.4, -0.2) is 5.91 Å². The Morgan fingerprint density at radius 2 is 1.54 bits per heavy atom. The first-order chi connectivity index (χ1) is 12.5. The van der Waals surface area contributed by atoms with Crippen LogP contribution >= 0.6 is 35.0 Å². The van der Waals surface area contributed by atoms with Crippen LogP contribution in [0, 0.1) is 6.92 Å². The van der Waals surface area contributed by atoms with Crippen molar-refractivity contribution in [3.8, 4) is 0 Å². The van der Waals surface area contributed by atoms with Crippen LogP contribution in [0.25, 0.3) is 0 Å². The van der Waals surface area contributed by atoms with Crippen LogP contribution in [0.5, 0.6) is 0 Å². The molecule has 0 unspecified atom stereocenters. The lowest BCUT2D eigenvalue weighted by Gasteiger charge is -2.08. The molecule has 0 aromatic heterocycles. The number of nitrogens with one attached hydrogen (secondary N) is 1. The van der Waals surface area contributed by atoms with Crippen molar-refractivity contribution in [1.82, 2.24) is 0 Å². The van der Waals surface area contributed by atoms with Crippen LogP contribution in [0.3, 0.4) is 0 Å². The van der Waals surface area contributed by atoms with Gasteiger partial charge in [0.15, 0.2) is 0 Å². The Balaban J connectivity index is 1.61. The molecule has 0 bridgehead atoms. The van der Waals surface area contributed by atoms with Crippen molar-refractivity contribution < 1.29 is 4.79 Å². The lowest BCUT2D eigenvalue weighted by Crippen LogP contribution is -2.11. The third kappa shape index (κ3) is 5.28. The van der Waals surface area contributed by atoms with E-state index in [4.69, 9.17) is 23.2 Å². The maximum Gasteiger partial charge on any atom is 0.255 e. The van der Waals surface area contributed by atoms with Crippen molar-refractivity contribution in [3.05, 3.63) is 93.5 Å². The van der Waals surface area contributed by atoms with E-state index >= 15 is 0 Å². The van der Waals surface area contributed by atoms with Gasteiger partial charge in [-0.3, -0.25) is 4.79 Å². The fourth-order valence-electron chi connectivity index (χ4n) is 2.38. The molecule has 132 valence electrons. The molecular weight excluding hydrogens is 385 g/mol. The number of amides is 1. The molecule has 0 aliphatic rings. The largest absolute Gasteiger partial charge is 0.322 e. The fraction of sp³-hybridized carbons (Fsp3) is 0.0952. The van der Waals surface area contributed by atoms with E-state index in [1.807, 2.05) is 24.3 Å². The van der Waals surface area contributed by atoms with E-state index in [0.717, 1.165) is 11.3 Å². The van der Waals surface area contributed by atoms with Gasteiger partial charge in [0.25, 0.3) is 5.91 Å². The molecule has 0 saturated heterocycles. The molecule has 0 fully saturated rings. The number of benzene rings is 3. The van der Waals surface area contributed by atoms with Gasteiger partial charge in [-0.15, -0.1) is 11.8 Å². The molecule has 0 radical (unpaired) electrons. The molecule has 0 aliphatic heterocycles. The van der Waals surface area contributed by atoms with Gasteiger partial charge < -0.3 is 5.32 Å². The first-order valence-electron chi connectivity index (χ1n) is 8.05. The summed E-state index contributed by atoms with van der Waals surface area (Å²) in [5, 5.41) is 3.77. The number of hydrogen-bond donors (Lipinski definition) is 1. The highest BCUT2D eigenvalue weighted by molar-refractivity contribution is 7.98. The molecule has 26 heavy (non-hydrogen) atoms. The van der Waals surface area contributed by atoms with Crippen LogP contribution in [0.4, 0.5) is 5.69 Å². The molecule has 3 aromatic carbocycles. The molecule has 3 rings (SSSR count). The predicted molar refractivity (Wildman–Crippen MR) is 112 cm³/mol. The maximum atomic E-state index is 12.4. The summed E-state index contributed by atoms with van der Waals surface area (Å²) in [6.45, 7) is 2.08. The molecule has 0 aliphatic carbocycles. The van der Waals surface area contributed by atoms with Crippen molar-refractivity contribution in [2.24, 2.45) is 0 Å². The molecule has 1 N–H and O–H groups in total. The molecule has 2 nitrogen and oxygen atoms in total. The van der Waals surface area contributed by atoms with Gasteiger partial charge in [0, 0.05) is 31.9 Å². The predicted octanol–water partition coefficient (Wildman–Crippen LogP) is 6.85. The van der Waals surface area contributed by atoms with Gasteiger partial charge in [-0.2, -0.15) is 0 Å². The summed E-state index contributed by atoms with van der Waals surface area (Å²) in [5.74, 6) is 0.663. The van der Waals surface area contributed by atoms with Crippen LogP contribution in [0.2, 0.25) is 10.0 Å². The molecular formula is C21H17Cl2NOS. The van der Waals surface area contributed by atoms with Gasteiger partial charge in [0.1, 0.15) is 0 Å². The van der Waals surface area contributed by atoms with Gasteiger partial charge in [-0.05, 0) is 55.0 Å². The summed E-state index contributed by atoms with van der Waals surface area (Å²) in [7, 11) is 0. The number of halogens is 2. The third-order valence-electron chi connectivity index (χ3n) is 3.76. The van der Waals surface area contributed by atoms with E-state index in [1.54, 1.807) is 30.0 Å². The van der Waals surface area contributed by atoms with Gasteiger partial charge >= 0.3 is 0 Å². The summed E-state index contributed by atoms with van der Waals surface area (Å²) in [6, 6.07) is 21.0. The van der Waals surface area contributed by atoms with Crippen molar-refractivity contribution >= 4 is 46.6 Å². The number of rotatable bonds is 5. The minimum atomic E-state index is -0.193. The van der Waals surface area contributed by atoms with E-state index in [2.05, 4.69) is 36.5 Å². The monoisotopic (exact) mass is 401 g/mol. The Hall–Kier alpha value is -1.94. The molecule has 0 spiro atoms. The molecule has 1 amide bonds. The zero-order valence-electron chi connectivity index (χ0n) is 14.1. The Kier molecular flexibility index (Phi) is 6.25. The van der Waals surface area contributed by atoms with Gasteiger partial charge in [-0.25, -0.2) is 0 Å². The number of aryl methyl sites for hydroxylation is 1. The van der Waals surface area contributed by atoms with E-state index in [1.165, 1.54) is 10.5 Å². The second kappa shape index (κ2) is 8.63. The topological polar surface area (TPSA) is 29.1 Å². The molecule has 0 heterocycles. The normalized spacial score (nSPS) is 10.6. The Morgan fingerprint density at radius 3 is 2.15 bits per heavy atom. The molecule has 5 heteroatoms. The summed E-state index contributed by atoms with van der Waals surface area (Å²) >= 11 is 13.7. The molecule has 0 atom stereocenters. The second-order valence-corrected chi connectivity index (χ2v) is 7.83. The third-order valence-corrected chi connectivity index (χ3v) is 5.28. The zero-order valence-corrected chi connectivity index (χ0v) is 16.5. The maximum absolute atomic E-state index is 12.4. The number of carbonyl (C=O) groups excluding carboxylic acids is 1. The van der Waals surface area contributed by atoms with Crippen LogP contribution in [0.15, 0.2) is 71.6 Å². The number of thioether (sulfide) groups is 1. The van der Waals surface area contributed by atoms with E-state index in [-0.39, 0.29) is 5.91 Å². The summed E-state index contributed by atoms with van der Waals surface area (Å²) < 4.78 is 0. The van der Waals surface area contributed by atoms with Crippen molar-refractivity contribution in [3.63, 3.8) is 0 Å². The van der Waals surface area contributed by atoms with Gasteiger partial charge in [-0.1, -0.05) is 53.0 Å². The second-order valence-electron chi connectivity index (χ2n) is 5.91. The van der Waals surface area contributed by atoms with Crippen molar-refractivity contribution in [2.75, 3.05) is 5.32 Å². The van der Waals surface area contributed by atoms with Crippen molar-refractivity contribution in [2.45, 2.75) is 17.6 Å². The fourth-order valence-corrected chi connectivity index (χ4v) is 3.76. The Labute approximate surface area is 167 Å². The standard InChI is InChI=1S/C21H17Cl2NOS/c1-14-2-8-20(9-3-14)26-13-15-4-6-16(7-5-15)21(25)24-19-11-17(22)10-18(23)12-19/h2-12H,13H2,1H3,(H,24,25). The quantitative estimate of drug-likeness (QED) is 0.473. The Morgan fingerprint density at radius 1 is 0.923 bits per heavy atom. The first kappa shape index (κ1) is 18.8. The first-order valence-corrected chi connectivity index (χ1v) is 9.79. The molecule has 0 saturated carbocycles. The van der Waals surface area contributed by atoms with Crippen molar-refractivity contribution in [1.29, 1.82) is 0 Å². The average molecular weight is 402 g/mol. The van der Waals surface area contributed by atoms with Crippen LogP contribution in [-0.2, 0) is 5.75 Å². The highest BCUT2D eigenvalue weighted by Gasteiger charge is 2.07. The zero-order chi connectivity index (χ0) is 18.5. The average Bonchev–Trinajstić information content (AvgIpc) is 2.61. The minimum Gasteiger partial charge on any atom is -0.322 e. The van der Waals surface area contributed by atoms with Crippen LogP contribution < -0.4 is 5.32 Å². The minimum absolute atomic E-state index is 0.193. The highest BCUT2D eigenvalue weighted by Crippen LogP contribution is 2.24. The smallest absolute Gasteiger partial charge is 0.255 e. The van der Waals surface area contributed by atoms with E-state index < -0.39 is 0 Å². The van der Waals surface area contributed by atoms with Gasteiger partial charge in [0.2, 0.25) is 0 Å². The highest BCUT2D eigenvalue weighted by atomic mass is 35.5. The lowest BCUT2D eigenvalue weighted by atomic mass is 10.1. The Bertz CT molecular complexity index is 888. The number of carbonyl (C=O) groups is 1. The van der Waals surface area contributed by atoms with E-state index in [9.17, 15) is 4.79 Å². The van der Waals surface area contributed by atoms with Crippen LogP contribution in [0.1, 0.15) is 21.5 Å². The summed E-state index contributed by atoms with van der Waals surface area (Å²) in [4.78, 5) is 13.6. The summed E-state index contributed by atoms with van der Waals surface area (Å²) in [5.41, 5.74) is 3.58. The summed E-state index contributed by atoms with van der Waals surface area (Å²) in [6.07, 6.45) is 0. The SMILES string of the molecule is Cc1ccc(SCc2ccc(C(=O)Nc3cc(Cl)cc(Cl)c3)cc2)cc1.